The van der Waals surface area contributed by atoms with Crippen LogP contribution in [-0.2, 0) is 4.74 Å². The van der Waals surface area contributed by atoms with Crippen molar-refractivity contribution in [2.24, 2.45) is 0 Å². The Kier molecular flexibility index (Phi) is 11.3. The summed E-state index contributed by atoms with van der Waals surface area (Å²) in [5.41, 5.74) is -1.65. The highest BCUT2D eigenvalue weighted by atomic mass is 127. The molecule has 326 valence electrons. The number of carbonyl (C=O) groups is 1. The third-order valence-electron chi connectivity index (χ3n) is 10.6. The van der Waals surface area contributed by atoms with Crippen molar-refractivity contribution in [2.45, 2.75) is 0 Å². The lowest BCUT2D eigenvalue weighted by Gasteiger charge is -2.10. The quantitative estimate of drug-likeness (QED) is 0.0396. The molecule has 4 aromatic carbocycles. The van der Waals surface area contributed by atoms with Crippen LogP contribution < -0.4 is 0 Å². The van der Waals surface area contributed by atoms with Gasteiger partial charge in [0, 0.05) is 61.1 Å². The Morgan fingerprint density at radius 3 is 1.49 bits per heavy atom. The minimum atomic E-state index is -2.37. The predicted octanol–water partition coefficient (Wildman–Crippen LogP) is 13.7. The Labute approximate surface area is 381 Å². The summed E-state index contributed by atoms with van der Waals surface area (Å²) in [5, 5.41) is 0. The topological polar surface area (TPSA) is 83.7 Å². The molecule has 9 rings (SSSR count). The molecule has 0 unspecified atom stereocenters. The first-order chi connectivity index (χ1) is 31.7. The SMILES string of the molecule is [3H]CSCCOC(=O)c1ccc(-c2c3nc(c(-c4c(F)c(F)c(F)c(F)c4F)c4ccc([nH]4)c(-c4ccc(I)cc4)c4nc(c(-c5c(F)cc(F)c(F)c5F)c5ccc2[nH]5)C=C4)C=C3)cc1. The molecule has 0 spiro atoms. The van der Waals surface area contributed by atoms with E-state index in [0.29, 0.717) is 22.4 Å². The fraction of sp³-hybridized carbons (Fsp3) is 0.0625. The standard InChI is InChI=1S/C48H26F9IN4O2S/c1-65-19-18-64-48(63)23-4-2-21(3-5-23)35-27-10-14-31(59-27)38(37-25(49)20-26(50)41(51)42(37)52)32-15-11-29(60-32)36(22-6-8-24(58)9-7-22)30-13-17-34(62-30)39(33-16-12-28(35)61-33)40-43(53)45(55)47(57)46(56)44(40)54/h2-17,20,59,62H,18-19H2,1H3/i1T. The number of aromatic amines is 2. The molecule has 0 amide bonds. The number of thioether (sulfide) groups is 1. The minimum Gasteiger partial charge on any atom is -0.461 e. The number of aromatic nitrogens is 4. The highest BCUT2D eigenvalue weighted by molar-refractivity contribution is 14.1. The minimum absolute atomic E-state index is 0.0352. The smallest absolute Gasteiger partial charge is 0.338 e. The van der Waals surface area contributed by atoms with Gasteiger partial charge >= 0.3 is 5.97 Å². The molecule has 2 aliphatic heterocycles. The van der Waals surface area contributed by atoms with E-state index in [0.717, 1.165) is 3.57 Å². The first-order valence-electron chi connectivity index (χ1n) is 19.9. The lowest BCUT2D eigenvalue weighted by molar-refractivity contribution is 0.0530. The maximum atomic E-state index is 16.0. The van der Waals surface area contributed by atoms with Gasteiger partial charge in [-0.05, 0) is 113 Å². The van der Waals surface area contributed by atoms with Crippen molar-refractivity contribution in [1.82, 2.24) is 19.9 Å². The van der Waals surface area contributed by atoms with Gasteiger partial charge in [-0.3, -0.25) is 0 Å². The largest absolute Gasteiger partial charge is 0.461 e. The maximum absolute atomic E-state index is 16.0. The van der Waals surface area contributed by atoms with E-state index in [1.807, 2.05) is 0 Å². The van der Waals surface area contributed by atoms with Gasteiger partial charge in [0.25, 0.3) is 0 Å². The molecule has 65 heavy (non-hydrogen) atoms. The number of rotatable bonds is 8. The van der Waals surface area contributed by atoms with E-state index in [4.69, 9.17) is 16.1 Å². The summed E-state index contributed by atoms with van der Waals surface area (Å²) < 4.78 is 151. The molecule has 5 heterocycles. The number of hydrogen-bond acceptors (Lipinski definition) is 5. The average molecular weight is 1020 g/mol. The second-order valence-electron chi connectivity index (χ2n) is 14.4. The number of benzene rings is 4. The predicted molar refractivity (Wildman–Crippen MR) is 242 cm³/mol. The summed E-state index contributed by atoms with van der Waals surface area (Å²) >= 11 is 3.34. The van der Waals surface area contributed by atoms with Gasteiger partial charge in [0.05, 0.1) is 39.5 Å². The molecule has 2 aliphatic rings. The summed E-state index contributed by atoms with van der Waals surface area (Å²) in [5.74, 6) is -18.3. The Bertz CT molecular complexity index is 3370. The van der Waals surface area contributed by atoms with Crippen LogP contribution >= 0.6 is 34.4 Å². The van der Waals surface area contributed by atoms with Gasteiger partial charge in [-0.25, -0.2) is 54.3 Å². The van der Waals surface area contributed by atoms with Crippen molar-refractivity contribution in [3.63, 3.8) is 0 Å². The van der Waals surface area contributed by atoms with Gasteiger partial charge in [-0.15, -0.1) is 0 Å². The Balaban J connectivity index is 1.43. The molecule has 2 N–H and O–H groups in total. The Hall–Kier alpha value is -6.60. The van der Waals surface area contributed by atoms with Crippen LogP contribution in [0.5, 0.6) is 0 Å². The average Bonchev–Trinajstić information content (AvgIpc) is 4.17. The van der Waals surface area contributed by atoms with E-state index in [-0.39, 0.29) is 80.4 Å². The highest BCUT2D eigenvalue weighted by Gasteiger charge is 2.30. The molecule has 7 aromatic rings. The van der Waals surface area contributed by atoms with E-state index in [9.17, 15) is 13.6 Å². The number of ether oxygens (including phenoxy) is 1. The molecular formula is C48H26F9IN4O2S. The van der Waals surface area contributed by atoms with Crippen LogP contribution in [0, 0.1) is 55.9 Å². The Morgan fingerprint density at radius 2 is 0.985 bits per heavy atom. The molecule has 0 saturated heterocycles. The van der Waals surface area contributed by atoms with Crippen LogP contribution in [0.3, 0.4) is 0 Å². The van der Waals surface area contributed by atoms with E-state index >= 15 is 30.7 Å². The van der Waals surface area contributed by atoms with E-state index < -0.39 is 75.0 Å². The number of hydrogen-bond donors (Lipinski definition) is 2. The first-order valence-corrected chi connectivity index (χ1v) is 21.4. The van der Waals surface area contributed by atoms with Gasteiger partial charge in [0.2, 0.25) is 5.82 Å². The molecule has 0 saturated carbocycles. The van der Waals surface area contributed by atoms with Crippen molar-refractivity contribution in [3.8, 4) is 44.5 Å². The molecule has 17 heteroatoms. The number of nitrogens with zero attached hydrogens (tertiary/aromatic N) is 2. The monoisotopic (exact) mass is 1020 g/mol. The van der Waals surface area contributed by atoms with E-state index in [1.54, 1.807) is 24.3 Å². The first kappa shape index (κ1) is 42.4. The number of halogens is 10. The molecule has 8 bridgehead atoms. The third kappa shape index (κ3) is 7.79. The second kappa shape index (κ2) is 17.4. The summed E-state index contributed by atoms with van der Waals surface area (Å²) in [6.45, 7) is 0.0416. The zero-order chi connectivity index (χ0) is 46.6. The second-order valence-corrected chi connectivity index (χ2v) is 16.5. The lowest BCUT2D eigenvalue weighted by Crippen LogP contribution is -2.07. The molecule has 0 radical (unpaired) electrons. The van der Waals surface area contributed by atoms with Gasteiger partial charge in [-0.2, -0.15) is 11.8 Å². The van der Waals surface area contributed by atoms with Crippen LogP contribution in [0.25, 0.3) is 90.9 Å². The molecule has 0 atom stereocenters. The number of fused-ring (bicyclic) bond motifs is 8. The number of carbonyl (C=O) groups excluding carboxylic acids is 1. The number of H-pyrrole nitrogens is 2. The number of esters is 1. The zero-order valence-corrected chi connectivity index (χ0v) is 35.8. The molecule has 3 aromatic heterocycles. The van der Waals surface area contributed by atoms with Crippen LogP contribution in [0.2, 0.25) is 0 Å². The molecule has 0 aliphatic carbocycles. The van der Waals surface area contributed by atoms with Gasteiger partial charge in [-0.1, -0.05) is 24.3 Å². The van der Waals surface area contributed by atoms with Crippen LogP contribution in [0.1, 0.15) is 34.5 Å². The Morgan fingerprint density at radius 1 is 0.554 bits per heavy atom. The van der Waals surface area contributed by atoms with Crippen molar-refractivity contribution in [2.75, 3.05) is 18.6 Å². The van der Waals surface area contributed by atoms with Gasteiger partial charge < -0.3 is 14.7 Å². The van der Waals surface area contributed by atoms with Gasteiger partial charge in [0.1, 0.15) is 12.4 Å². The van der Waals surface area contributed by atoms with E-state index in [2.05, 4.69) is 32.6 Å². The van der Waals surface area contributed by atoms with Crippen LogP contribution in [0.15, 0.2) is 78.9 Å². The van der Waals surface area contributed by atoms with E-state index in [1.165, 1.54) is 84.6 Å². The van der Waals surface area contributed by atoms with Gasteiger partial charge in [0.15, 0.2) is 40.7 Å². The van der Waals surface area contributed by atoms with Crippen molar-refractivity contribution in [3.05, 3.63) is 163 Å². The van der Waals surface area contributed by atoms with Crippen molar-refractivity contribution < 1.29 is 50.4 Å². The lowest BCUT2D eigenvalue weighted by atomic mass is 10.0. The summed E-state index contributed by atoms with van der Waals surface area (Å²) in [4.78, 5) is 28.5. The maximum Gasteiger partial charge on any atom is 0.338 e. The third-order valence-corrected chi connectivity index (χ3v) is 11.8. The summed E-state index contributed by atoms with van der Waals surface area (Å²) in [6.07, 6.45) is 5.66. The fourth-order valence-electron chi connectivity index (χ4n) is 7.62. The molecule has 0 fully saturated rings. The van der Waals surface area contributed by atoms with Crippen LogP contribution in [-0.4, -0.2) is 44.5 Å². The summed E-state index contributed by atoms with van der Waals surface area (Å²) in [6, 6.07) is 18.7. The highest BCUT2D eigenvalue weighted by Crippen LogP contribution is 2.42. The fourth-order valence-corrected chi connectivity index (χ4v) is 8.19. The zero-order valence-electron chi connectivity index (χ0n) is 33.8. The molecular weight excluding hydrogens is 995 g/mol. The molecule has 6 nitrogen and oxygen atoms in total. The normalized spacial score (nSPS) is 12.2. The van der Waals surface area contributed by atoms with Crippen molar-refractivity contribution in [1.29, 1.82) is 0 Å². The number of nitrogens with one attached hydrogen (secondary N) is 2. The van der Waals surface area contributed by atoms with Crippen molar-refractivity contribution >= 4 is 86.7 Å². The summed E-state index contributed by atoms with van der Waals surface area (Å²) in [7, 11) is 0. The van der Waals surface area contributed by atoms with Crippen LogP contribution in [0.4, 0.5) is 39.5 Å².